The fraction of sp³-hybridized carbons (Fsp3) is 0.846. The van der Waals surface area contributed by atoms with Crippen LogP contribution in [0.5, 0.6) is 0 Å². The van der Waals surface area contributed by atoms with Gasteiger partial charge in [-0.2, -0.15) is 0 Å². The lowest BCUT2D eigenvalue weighted by atomic mass is 9.84. The van der Waals surface area contributed by atoms with E-state index in [1.807, 2.05) is 13.8 Å². The molecule has 0 spiro atoms. The fourth-order valence-corrected chi connectivity index (χ4v) is 2.30. The molecular formula is C13H25N3O3. The Labute approximate surface area is 114 Å². The van der Waals surface area contributed by atoms with E-state index in [0.29, 0.717) is 26.3 Å². The smallest absolute Gasteiger partial charge is 0.242 e. The Balaban J connectivity index is 2.65. The second kappa shape index (κ2) is 6.34. The third-order valence-corrected chi connectivity index (χ3v) is 3.84. The minimum atomic E-state index is -0.724. The maximum Gasteiger partial charge on any atom is 0.242 e. The summed E-state index contributed by atoms with van der Waals surface area (Å²) in [7, 11) is 1.64. The molecule has 1 heterocycles. The summed E-state index contributed by atoms with van der Waals surface area (Å²) in [6.07, 6.45) is 0. The number of carbonyl (C=O) groups excluding carboxylic acids is 2. The number of hydrogen-bond acceptors (Lipinski definition) is 4. The molecule has 2 amide bonds. The van der Waals surface area contributed by atoms with E-state index >= 15 is 0 Å². The molecule has 2 N–H and O–H groups in total. The van der Waals surface area contributed by atoms with Gasteiger partial charge in [0.1, 0.15) is 0 Å². The summed E-state index contributed by atoms with van der Waals surface area (Å²) in [5.74, 6) is -0.171. The largest absolute Gasteiger partial charge is 0.379 e. The summed E-state index contributed by atoms with van der Waals surface area (Å²) in [6.45, 7) is 7.73. The van der Waals surface area contributed by atoms with E-state index in [1.165, 1.54) is 4.90 Å². The van der Waals surface area contributed by atoms with Crippen LogP contribution in [-0.4, -0.2) is 67.6 Å². The van der Waals surface area contributed by atoms with Crippen LogP contribution in [0.15, 0.2) is 0 Å². The monoisotopic (exact) mass is 271 g/mol. The molecule has 110 valence electrons. The average molecular weight is 271 g/mol. The molecule has 6 nitrogen and oxygen atoms in total. The van der Waals surface area contributed by atoms with E-state index in [1.54, 1.807) is 18.9 Å². The molecule has 0 saturated carbocycles. The van der Waals surface area contributed by atoms with Crippen molar-refractivity contribution in [3.63, 3.8) is 0 Å². The summed E-state index contributed by atoms with van der Waals surface area (Å²) < 4.78 is 5.27. The SMILES string of the molecule is CCN(CC)C(=O)CN(C)C(=O)C1(C)COCC1N. The van der Waals surface area contributed by atoms with Gasteiger partial charge in [0.05, 0.1) is 25.2 Å². The van der Waals surface area contributed by atoms with Crippen LogP contribution in [0.1, 0.15) is 20.8 Å². The van der Waals surface area contributed by atoms with Crippen LogP contribution < -0.4 is 5.73 Å². The van der Waals surface area contributed by atoms with Gasteiger partial charge in [0.25, 0.3) is 0 Å². The molecule has 1 saturated heterocycles. The number of amides is 2. The van der Waals surface area contributed by atoms with E-state index in [2.05, 4.69) is 0 Å². The first-order valence-corrected chi connectivity index (χ1v) is 6.73. The van der Waals surface area contributed by atoms with Crippen molar-refractivity contribution < 1.29 is 14.3 Å². The van der Waals surface area contributed by atoms with Gasteiger partial charge in [0.2, 0.25) is 11.8 Å². The third-order valence-electron chi connectivity index (χ3n) is 3.84. The van der Waals surface area contributed by atoms with Crippen LogP contribution in [0.25, 0.3) is 0 Å². The number of rotatable bonds is 5. The number of likely N-dealkylation sites (N-methyl/N-ethyl adjacent to an activating group) is 2. The first kappa shape index (κ1) is 15.9. The lowest BCUT2D eigenvalue weighted by molar-refractivity contribution is -0.145. The van der Waals surface area contributed by atoms with Gasteiger partial charge in [-0.1, -0.05) is 0 Å². The molecule has 2 unspecified atom stereocenters. The normalized spacial score (nSPS) is 26.3. The number of carbonyl (C=O) groups is 2. The molecule has 6 heteroatoms. The van der Waals surface area contributed by atoms with Crippen molar-refractivity contribution in [2.75, 3.05) is 39.9 Å². The van der Waals surface area contributed by atoms with Crippen molar-refractivity contribution in [2.45, 2.75) is 26.8 Å². The maximum absolute atomic E-state index is 12.4. The number of hydrogen-bond donors (Lipinski definition) is 1. The molecule has 0 aliphatic carbocycles. The zero-order valence-electron chi connectivity index (χ0n) is 12.3. The minimum absolute atomic E-state index is 0.0445. The molecule has 1 aliphatic rings. The summed E-state index contributed by atoms with van der Waals surface area (Å²) >= 11 is 0. The highest BCUT2D eigenvalue weighted by molar-refractivity contribution is 5.88. The summed E-state index contributed by atoms with van der Waals surface area (Å²) in [4.78, 5) is 27.6. The van der Waals surface area contributed by atoms with Crippen LogP contribution in [0.3, 0.4) is 0 Å². The van der Waals surface area contributed by atoms with E-state index in [0.717, 1.165) is 0 Å². The van der Waals surface area contributed by atoms with Crippen molar-refractivity contribution in [1.82, 2.24) is 9.80 Å². The van der Waals surface area contributed by atoms with Crippen molar-refractivity contribution in [3.05, 3.63) is 0 Å². The molecule has 0 aromatic rings. The van der Waals surface area contributed by atoms with Gasteiger partial charge in [-0.25, -0.2) is 0 Å². The highest BCUT2D eigenvalue weighted by atomic mass is 16.5. The Kier molecular flexibility index (Phi) is 5.31. The van der Waals surface area contributed by atoms with Crippen molar-refractivity contribution in [3.8, 4) is 0 Å². The Morgan fingerprint density at radius 3 is 2.37 bits per heavy atom. The molecule has 1 aliphatic heterocycles. The van der Waals surface area contributed by atoms with Gasteiger partial charge in [-0.05, 0) is 20.8 Å². The molecule has 1 rings (SSSR count). The van der Waals surface area contributed by atoms with Crippen molar-refractivity contribution >= 4 is 11.8 Å². The predicted molar refractivity (Wildman–Crippen MR) is 72.5 cm³/mol. The van der Waals surface area contributed by atoms with E-state index in [4.69, 9.17) is 10.5 Å². The number of nitrogens with zero attached hydrogens (tertiary/aromatic N) is 2. The van der Waals surface area contributed by atoms with Crippen LogP contribution in [0.2, 0.25) is 0 Å². The van der Waals surface area contributed by atoms with Crippen LogP contribution in [0, 0.1) is 5.41 Å². The highest BCUT2D eigenvalue weighted by Crippen LogP contribution is 2.29. The number of nitrogens with two attached hydrogens (primary N) is 1. The molecule has 0 radical (unpaired) electrons. The second-order valence-electron chi connectivity index (χ2n) is 5.27. The van der Waals surface area contributed by atoms with Gasteiger partial charge in [0, 0.05) is 26.2 Å². The topological polar surface area (TPSA) is 75.9 Å². The Hall–Kier alpha value is -1.14. The second-order valence-corrected chi connectivity index (χ2v) is 5.27. The maximum atomic E-state index is 12.4. The Morgan fingerprint density at radius 1 is 1.37 bits per heavy atom. The van der Waals surface area contributed by atoms with Gasteiger partial charge in [-0.3, -0.25) is 9.59 Å². The van der Waals surface area contributed by atoms with E-state index < -0.39 is 5.41 Å². The average Bonchev–Trinajstić information content (AvgIpc) is 2.71. The highest BCUT2D eigenvalue weighted by Gasteiger charge is 2.46. The predicted octanol–water partition coefficient (Wildman–Crippen LogP) is -0.323. The molecule has 1 fully saturated rings. The quantitative estimate of drug-likeness (QED) is 0.743. The van der Waals surface area contributed by atoms with Crippen LogP contribution in [0.4, 0.5) is 0 Å². The summed E-state index contributed by atoms with van der Waals surface area (Å²) in [6, 6.07) is -0.314. The van der Waals surface area contributed by atoms with E-state index in [-0.39, 0.29) is 24.4 Å². The molecule has 0 aromatic heterocycles. The first-order chi connectivity index (χ1) is 8.86. The van der Waals surface area contributed by atoms with Gasteiger partial charge >= 0.3 is 0 Å². The minimum Gasteiger partial charge on any atom is -0.379 e. The van der Waals surface area contributed by atoms with Crippen molar-refractivity contribution in [2.24, 2.45) is 11.1 Å². The summed E-state index contributed by atoms with van der Waals surface area (Å²) in [5, 5.41) is 0. The van der Waals surface area contributed by atoms with Gasteiger partial charge in [-0.15, -0.1) is 0 Å². The molecule has 19 heavy (non-hydrogen) atoms. The lowest BCUT2D eigenvalue weighted by Crippen LogP contribution is -2.52. The third kappa shape index (κ3) is 3.25. The molecule has 2 atom stereocenters. The molecule has 0 aromatic carbocycles. The van der Waals surface area contributed by atoms with Crippen molar-refractivity contribution in [1.29, 1.82) is 0 Å². The van der Waals surface area contributed by atoms with Gasteiger partial charge < -0.3 is 20.3 Å². The standard InChI is InChI=1S/C13H25N3O3/c1-5-16(6-2)11(17)7-15(4)12(18)13(3)9-19-8-10(13)14/h10H,5-9,14H2,1-4H3. The van der Waals surface area contributed by atoms with Crippen LogP contribution >= 0.6 is 0 Å². The molecular weight excluding hydrogens is 246 g/mol. The first-order valence-electron chi connectivity index (χ1n) is 6.73. The molecule has 0 bridgehead atoms. The van der Waals surface area contributed by atoms with Gasteiger partial charge in [0.15, 0.2) is 0 Å². The number of ether oxygens (including phenoxy) is 1. The summed E-state index contributed by atoms with van der Waals surface area (Å²) in [5.41, 5.74) is 5.20. The van der Waals surface area contributed by atoms with Crippen LogP contribution in [-0.2, 0) is 14.3 Å². The Bertz CT molecular complexity index is 344. The Morgan fingerprint density at radius 2 is 1.95 bits per heavy atom. The fourth-order valence-electron chi connectivity index (χ4n) is 2.30. The lowest BCUT2D eigenvalue weighted by Gasteiger charge is -2.31. The zero-order valence-corrected chi connectivity index (χ0v) is 12.3. The zero-order chi connectivity index (χ0) is 14.6. The van der Waals surface area contributed by atoms with E-state index in [9.17, 15) is 9.59 Å².